The van der Waals surface area contributed by atoms with E-state index >= 15 is 0 Å². The second-order valence-corrected chi connectivity index (χ2v) is 8.25. The van der Waals surface area contributed by atoms with Crippen LogP contribution in [-0.2, 0) is 0 Å². The minimum atomic E-state index is -0.453. The Labute approximate surface area is 186 Å². The highest BCUT2D eigenvalue weighted by Crippen LogP contribution is 2.38. The Hall–Kier alpha value is -3.72. The maximum absolute atomic E-state index is 13.9. The quantitative estimate of drug-likeness (QED) is 0.637. The number of para-hydroxylation sites is 1. The normalized spacial score (nSPS) is 14.3. The maximum Gasteiger partial charge on any atom is 0.273 e. The molecule has 0 aliphatic heterocycles. The number of amides is 1. The number of halogens is 1. The number of hydrogen-bond donors (Lipinski definition) is 1. The van der Waals surface area contributed by atoms with Gasteiger partial charge >= 0.3 is 0 Å². The zero-order valence-electron chi connectivity index (χ0n) is 18.1. The smallest absolute Gasteiger partial charge is 0.273 e. The lowest BCUT2D eigenvalue weighted by Gasteiger charge is -2.35. The molecule has 0 bridgehead atoms. The molecule has 32 heavy (non-hydrogen) atoms. The number of aromatic nitrogens is 1. The Kier molecular flexibility index (Phi) is 5.91. The topological polar surface area (TPSA) is 74.9 Å². The first-order valence-corrected chi connectivity index (χ1v) is 10.7. The molecule has 1 N–H and O–H groups in total. The van der Waals surface area contributed by atoms with Crippen LogP contribution < -0.4 is 10.9 Å². The number of carbonyl (C=O) groups excluding carboxylic acids is 1. The summed E-state index contributed by atoms with van der Waals surface area (Å²) >= 11 is 0. The first-order valence-electron chi connectivity index (χ1n) is 10.7. The van der Waals surface area contributed by atoms with Crippen molar-refractivity contribution in [2.75, 3.05) is 0 Å². The largest absolute Gasteiger partial charge is 0.345 e. The second kappa shape index (κ2) is 8.80. The lowest BCUT2D eigenvalue weighted by molar-refractivity contribution is 0.0898. The molecule has 0 saturated heterocycles. The molecule has 1 saturated carbocycles. The SMILES string of the molecule is Cc1c(C(=O)N[C@H](c2cccc(F)c2)C2CCC2)c(C)n(-c2ccccc2)c(=O)c1C#N. The van der Waals surface area contributed by atoms with Crippen molar-refractivity contribution in [3.63, 3.8) is 0 Å². The monoisotopic (exact) mass is 429 g/mol. The summed E-state index contributed by atoms with van der Waals surface area (Å²) in [6.45, 7) is 3.33. The number of nitrogens with one attached hydrogen (secondary N) is 1. The van der Waals surface area contributed by atoms with Gasteiger partial charge in [-0.2, -0.15) is 5.26 Å². The molecule has 0 radical (unpaired) electrons. The molecule has 162 valence electrons. The van der Waals surface area contributed by atoms with Crippen LogP contribution in [0.15, 0.2) is 59.4 Å². The molecular weight excluding hydrogens is 405 g/mol. The molecule has 4 rings (SSSR count). The second-order valence-electron chi connectivity index (χ2n) is 8.25. The number of nitriles is 1. The van der Waals surface area contributed by atoms with Gasteiger partial charge in [0.2, 0.25) is 0 Å². The van der Waals surface area contributed by atoms with Gasteiger partial charge in [-0.1, -0.05) is 36.8 Å². The summed E-state index contributed by atoms with van der Waals surface area (Å²) in [7, 11) is 0. The molecule has 0 spiro atoms. The van der Waals surface area contributed by atoms with Gasteiger partial charge in [0.15, 0.2) is 0 Å². The maximum atomic E-state index is 13.9. The summed E-state index contributed by atoms with van der Waals surface area (Å²) in [6, 6.07) is 16.9. The summed E-state index contributed by atoms with van der Waals surface area (Å²) in [5.41, 5.74) is 1.90. The Morgan fingerprint density at radius 1 is 1.16 bits per heavy atom. The molecule has 0 unspecified atom stereocenters. The number of carbonyl (C=O) groups is 1. The third-order valence-electron chi connectivity index (χ3n) is 6.33. The summed E-state index contributed by atoms with van der Waals surface area (Å²) in [5.74, 6) is -0.503. The molecule has 1 aliphatic carbocycles. The van der Waals surface area contributed by atoms with Crippen LogP contribution >= 0.6 is 0 Å². The highest BCUT2D eigenvalue weighted by Gasteiger charge is 2.32. The molecule has 5 nitrogen and oxygen atoms in total. The average Bonchev–Trinajstić information content (AvgIpc) is 2.73. The molecule has 1 atom stereocenters. The standard InChI is InChI=1S/C26H24FN3O2/c1-16-22(15-28)26(32)30(21-12-4-3-5-13-21)17(2)23(16)25(31)29-24(18-8-6-9-18)19-10-7-11-20(27)14-19/h3-5,7,10-14,18,24H,6,8-9H2,1-2H3,(H,29,31)/t24-/m0/s1. The van der Waals surface area contributed by atoms with Crippen molar-refractivity contribution in [2.24, 2.45) is 5.92 Å². The van der Waals surface area contributed by atoms with Crippen LogP contribution in [0.4, 0.5) is 4.39 Å². The van der Waals surface area contributed by atoms with Crippen LogP contribution in [0.1, 0.15) is 58.0 Å². The van der Waals surface area contributed by atoms with E-state index in [1.165, 1.54) is 16.7 Å². The van der Waals surface area contributed by atoms with E-state index in [4.69, 9.17) is 0 Å². The van der Waals surface area contributed by atoms with Gasteiger partial charge in [0, 0.05) is 11.4 Å². The lowest BCUT2D eigenvalue weighted by atomic mass is 9.77. The summed E-state index contributed by atoms with van der Waals surface area (Å²) in [4.78, 5) is 26.6. The molecule has 3 aromatic rings. The van der Waals surface area contributed by atoms with Crippen molar-refractivity contribution in [1.82, 2.24) is 9.88 Å². The van der Waals surface area contributed by atoms with Crippen LogP contribution in [0.25, 0.3) is 5.69 Å². The molecule has 1 aliphatic rings. The third-order valence-corrected chi connectivity index (χ3v) is 6.33. The van der Waals surface area contributed by atoms with Crippen molar-refractivity contribution >= 4 is 5.91 Å². The molecule has 1 aromatic heterocycles. The Morgan fingerprint density at radius 3 is 2.47 bits per heavy atom. The highest BCUT2D eigenvalue weighted by atomic mass is 19.1. The zero-order chi connectivity index (χ0) is 22.8. The predicted octanol–water partition coefficient (Wildman–Crippen LogP) is 4.74. The molecule has 6 heteroatoms. The van der Waals surface area contributed by atoms with E-state index in [-0.39, 0.29) is 29.2 Å². The summed E-state index contributed by atoms with van der Waals surface area (Å²) < 4.78 is 15.3. The average molecular weight is 429 g/mol. The summed E-state index contributed by atoms with van der Waals surface area (Å²) in [6.07, 6.45) is 2.97. The van der Waals surface area contributed by atoms with Crippen LogP contribution in [0.2, 0.25) is 0 Å². The Balaban J connectivity index is 1.81. The molecule has 1 heterocycles. The number of hydrogen-bond acceptors (Lipinski definition) is 3. The van der Waals surface area contributed by atoms with E-state index in [2.05, 4.69) is 5.32 Å². The van der Waals surface area contributed by atoms with E-state index < -0.39 is 5.56 Å². The number of nitrogens with zero attached hydrogens (tertiary/aromatic N) is 2. The van der Waals surface area contributed by atoms with Crippen LogP contribution in [0, 0.1) is 36.9 Å². The summed E-state index contributed by atoms with van der Waals surface area (Å²) in [5, 5.41) is 12.7. The van der Waals surface area contributed by atoms with Gasteiger partial charge in [-0.05, 0) is 68.0 Å². The van der Waals surface area contributed by atoms with Crippen LogP contribution in [0.3, 0.4) is 0 Å². The fourth-order valence-corrected chi connectivity index (χ4v) is 4.45. The fraction of sp³-hybridized carbons (Fsp3) is 0.269. The fourth-order valence-electron chi connectivity index (χ4n) is 4.45. The van der Waals surface area contributed by atoms with Crippen molar-refractivity contribution in [1.29, 1.82) is 5.26 Å². The highest BCUT2D eigenvalue weighted by molar-refractivity contribution is 5.97. The van der Waals surface area contributed by atoms with Crippen molar-refractivity contribution in [2.45, 2.75) is 39.2 Å². The van der Waals surface area contributed by atoms with Crippen molar-refractivity contribution in [3.8, 4) is 11.8 Å². The molecule has 1 amide bonds. The van der Waals surface area contributed by atoms with Crippen molar-refractivity contribution < 1.29 is 9.18 Å². The van der Waals surface area contributed by atoms with E-state index in [0.29, 0.717) is 22.5 Å². The predicted molar refractivity (Wildman–Crippen MR) is 120 cm³/mol. The van der Waals surface area contributed by atoms with E-state index in [1.54, 1.807) is 44.2 Å². The third kappa shape index (κ3) is 3.82. The van der Waals surface area contributed by atoms with Gasteiger partial charge in [-0.3, -0.25) is 14.2 Å². The minimum absolute atomic E-state index is 0.0597. The van der Waals surface area contributed by atoms with Gasteiger partial charge < -0.3 is 5.32 Å². The molecular formula is C26H24FN3O2. The van der Waals surface area contributed by atoms with Gasteiger partial charge in [0.1, 0.15) is 17.4 Å². The molecule has 1 fully saturated rings. The van der Waals surface area contributed by atoms with Gasteiger partial charge in [-0.15, -0.1) is 0 Å². The van der Waals surface area contributed by atoms with Gasteiger partial charge in [0.25, 0.3) is 11.5 Å². The Bertz CT molecular complexity index is 1270. The van der Waals surface area contributed by atoms with Crippen molar-refractivity contribution in [3.05, 3.63) is 98.7 Å². The van der Waals surface area contributed by atoms with E-state index in [1.807, 2.05) is 18.2 Å². The van der Waals surface area contributed by atoms with E-state index in [9.17, 15) is 19.2 Å². The van der Waals surface area contributed by atoms with Crippen LogP contribution in [-0.4, -0.2) is 10.5 Å². The zero-order valence-corrected chi connectivity index (χ0v) is 18.1. The first-order chi connectivity index (χ1) is 15.4. The molecule has 2 aromatic carbocycles. The number of rotatable bonds is 5. The van der Waals surface area contributed by atoms with Gasteiger partial charge in [-0.25, -0.2) is 4.39 Å². The van der Waals surface area contributed by atoms with Crippen LogP contribution in [0.5, 0.6) is 0 Å². The number of benzene rings is 2. The number of pyridine rings is 1. The lowest BCUT2D eigenvalue weighted by Crippen LogP contribution is -2.38. The first kappa shape index (κ1) is 21.5. The van der Waals surface area contributed by atoms with E-state index in [0.717, 1.165) is 24.8 Å². The van der Waals surface area contributed by atoms with Gasteiger partial charge in [0.05, 0.1) is 11.6 Å². The Morgan fingerprint density at radius 2 is 1.88 bits per heavy atom. The minimum Gasteiger partial charge on any atom is -0.345 e.